The van der Waals surface area contributed by atoms with E-state index in [0.717, 1.165) is 23.2 Å². The molecule has 1 N–H and O–H groups in total. The summed E-state index contributed by atoms with van der Waals surface area (Å²) in [6, 6.07) is 4.21. The molecule has 0 spiro atoms. The molecular weight excluding hydrogens is 232 g/mol. The Morgan fingerprint density at radius 1 is 1.59 bits per heavy atom. The van der Waals surface area contributed by atoms with Crippen LogP contribution in [0.25, 0.3) is 0 Å². The van der Waals surface area contributed by atoms with Gasteiger partial charge < -0.3 is 9.73 Å². The second-order valence-electron chi connectivity index (χ2n) is 4.49. The minimum Gasteiger partial charge on any atom is -0.464 e. The SMILES string of the molecule is CCCC1CN=C(NC(C)c2ccc(C)o2)S1. The Kier molecular flexibility index (Phi) is 4.15. The number of furan rings is 1. The molecule has 1 aromatic heterocycles. The maximum absolute atomic E-state index is 5.60. The fraction of sp³-hybridized carbons (Fsp3) is 0.615. The lowest BCUT2D eigenvalue weighted by Gasteiger charge is -2.13. The van der Waals surface area contributed by atoms with Gasteiger partial charge in [-0.3, -0.25) is 4.99 Å². The first-order valence-corrected chi connectivity index (χ1v) is 7.11. The summed E-state index contributed by atoms with van der Waals surface area (Å²) in [4.78, 5) is 4.53. The van der Waals surface area contributed by atoms with Crippen molar-refractivity contribution in [3.8, 4) is 0 Å². The highest BCUT2D eigenvalue weighted by atomic mass is 32.2. The van der Waals surface area contributed by atoms with E-state index in [4.69, 9.17) is 4.42 Å². The van der Waals surface area contributed by atoms with E-state index in [0.29, 0.717) is 5.25 Å². The van der Waals surface area contributed by atoms with Crippen molar-refractivity contribution < 1.29 is 4.42 Å². The van der Waals surface area contributed by atoms with Crippen LogP contribution in [-0.2, 0) is 0 Å². The molecular formula is C13H20N2OS. The van der Waals surface area contributed by atoms with Gasteiger partial charge >= 0.3 is 0 Å². The Morgan fingerprint density at radius 2 is 2.41 bits per heavy atom. The number of aryl methyl sites for hydroxylation is 1. The molecule has 2 heterocycles. The molecule has 17 heavy (non-hydrogen) atoms. The van der Waals surface area contributed by atoms with Gasteiger partial charge in [-0.25, -0.2) is 0 Å². The molecule has 0 saturated carbocycles. The van der Waals surface area contributed by atoms with Crippen LogP contribution in [0.15, 0.2) is 21.5 Å². The van der Waals surface area contributed by atoms with E-state index in [1.165, 1.54) is 12.8 Å². The molecule has 0 amide bonds. The van der Waals surface area contributed by atoms with Crippen LogP contribution < -0.4 is 5.32 Å². The van der Waals surface area contributed by atoms with Gasteiger partial charge in [0, 0.05) is 5.25 Å². The summed E-state index contributed by atoms with van der Waals surface area (Å²) in [5, 5.41) is 5.14. The fourth-order valence-electron chi connectivity index (χ4n) is 1.91. The highest BCUT2D eigenvalue weighted by molar-refractivity contribution is 8.14. The Balaban J connectivity index is 1.86. The second-order valence-corrected chi connectivity index (χ2v) is 5.78. The third kappa shape index (κ3) is 3.28. The molecule has 0 saturated heterocycles. The molecule has 1 aromatic rings. The van der Waals surface area contributed by atoms with Gasteiger partial charge in [-0.15, -0.1) is 0 Å². The maximum Gasteiger partial charge on any atom is 0.157 e. The zero-order chi connectivity index (χ0) is 12.3. The Labute approximate surface area is 107 Å². The molecule has 0 aromatic carbocycles. The van der Waals surface area contributed by atoms with Crippen LogP contribution in [0.3, 0.4) is 0 Å². The van der Waals surface area contributed by atoms with Crippen LogP contribution in [-0.4, -0.2) is 17.0 Å². The van der Waals surface area contributed by atoms with Crippen molar-refractivity contribution in [2.24, 2.45) is 4.99 Å². The molecule has 2 atom stereocenters. The van der Waals surface area contributed by atoms with Crippen molar-refractivity contribution in [2.75, 3.05) is 6.54 Å². The number of hydrogen-bond acceptors (Lipinski definition) is 4. The molecule has 0 fully saturated rings. The number of amidine groups is 1. The van der Waals surface area contributed by atoms with Crippen molar-refractivity contribution in [3.05, 3.63) is 23.7 Å². The minimum atomic E-state index is 0.190. The van der Waals surface area contributed by atoms with Gasteiger partial charge in [-0.2, -0.15) is 0 Å². The average Bonchev–Trinajstić information content (AvgIpc) is 2.88. The van der Waals surface area contributed by atoms with Gasteiger partial charge in [0.1, 0.15) is 11.5 Å². The minimum absolute atomic E-state index is 0.190. The summed E-state index contributed by atoms with van der Waals surface area (Å²) in [5.41, 5.74) is 0. The predicted molar refractivity (Wildman–Crippen MR) is 73.6 cm³/mol. The lowest BCUT2D eigenvalue weighted by molar-refractivity contribution is 0.444. The van der Waals surface area contributed by atoms with E-state index in [9.17, 15) is 0 Å². The van der Waals surface area contributed by atoms with E-state index >= 15 is 0 Å². The Morgan fingerprint density at radius 3 is 3.06 bits per heavy atom. The van der Waals surface area contributed by atoms with Gasteiger partial charge in [0.25, 0.3) is 0 Å². The number of aliphatic imine (C=N–C) groups is 1. The molecule has 1 aliphatic rings. The van der Waals surface area contributed by atoms with Crippen LogP contribution in [0.5, 0.6) is 0 Å². The van der Waals surface area contributed by atoms with Gasteiger partial charge in [-0.05, 0) is 32.4 Å². The van der Waals surface area contributed by atoms with Gasteiger partial charge in [0.15, 0.2) is 5.17 Å². The molecule has 0 aliphatic carbocycles. The molecule has 0 radical (unpaired) electrons. The van der Waals surface area contributed by atoms with Crippen LogP contribution in [0, 0.1) is 6.92 Å². The lowest BCUT2D eigenvalue weighted by Crippen LogP contribution is -2.23. The fourth-order valence-corrected chi connectivity index (χ4v) is 3.12. The molecule has 0 bridgehead atoms. The van der Waals surface area contributed by atoms with E-state index < -0.39 is 0 Å². The molecule has 1 aliphatic heterocycles. The van der Waals surface area contributed by atoms with Crippen molar-refractivity contribution in [1.82, 2.24) is 5.32 Å². The zero-order valence-electron chi connectivity index (χ0n) is 10.7. The monoisotopic (exact) mass is 252 g/mol. The molecule has 2 unspecified atom stereocenters. The van der Waals surface area contributed by atoms with E-state index in [2.05, 4.69) is 24.2 Å². The first-order chi connectivity index (χ1) is 8.19. The van der Waals surface area contributed by atoms with Crippen molar-refractivity contribution in [1.29, 1.82) is 0 Å². The van der Waals surface area contributed by atoms with Crippen molar-refractivity contribution >= 4 is 16.9 Å². The van der Waals surface area contributed by atoms with Crippen LogP contribution in [0.4, 0.5) is 0 Å². The van der Waals surface area contributed by atoms with Crippen LogP contribution in [0.1, 0.15) is 44.3 Å². The number of thioether (sulfide) groups is 1. The molecule has 94 valence electrons. The summed E-state index contributed by atoms with van der Waals surface area (Å²) in [7, 11) is 0. The quantitative estimate of drug-likeness (QED) is 0.891. The first kappa shape index (κ1) is 12.6. The second kappa shape index (κ2) is 5.63. The third-order valence-electron chi connectivity index (χ3n) is 2.86. The standard InChI is InChI=1S/C13H20N2OS/c1-4-5-11-8-14-13(17-11)15-10(3)12-7-6-9(2)16-12/h6-7,10-11H,4-5,8H2,1-3H3,(H,14,15). The zero-order valence-corrected chi connectivity index (χ0v) is 11.5. The molecule has 2 rings (SSSR count). The highest BCUT2D eigenvalue weighted by Crippen LogP contribution is 2.25. The van der Waals surface area contributed by atoms with Crippen molar-refractivity contribution in [3.63, 3.8) is 0 Å². The summed E-state index contributed by atoms with van der Waals surface area (Å²) in [5.74, 6) is 1.93. The Hall–Kier alpha value is -0.900. The smallest absolute Gasteiger partial charge is 0.157 e. The topological polar surface area (TPSA) is 37.5 Å². The van der Waals surface area contributed by atoms with Crippen LogP contribution >= 0.6 is 11.8 Å². The Bertz CT molecular complexity index is 400. The summed E-state index contributed by atoms with van der Waals surface area (Å²) in [6.07, 6.45) is 2.47. The van der Waals surface area contributed by atoms with Gasteiger partial charge in [0.05, 0.1) is 12.6 Å². The number of nitrogens with one attached hydrogen (secondary N) is 1. The normalized spacial score (nSPS) is 21.4. The number of hydrogen-bond donors (Lipinski definition) is 1. The number of rotatable bonds is 4. The van der Waals surface area contributed by atoms with E-state index in [1.54, 1.807) is 0 Å². The van der Waals surface area contributed by atoms with Crippen molar-refractivity contribution in [2.45, 2.75) is 44.9 Å². The van der Waals surface area contributed by atoms with Gasteiger partial charge in [-0.1, -0.05) is 25.1 Å². The number of nitrogens with zero attached hydrogens (tertiary/aromatic N) is 1. The largest absolute Gasteiger partial charge is 0.464 e. The lowest BCUT2D eigenvalue weighted by atomic mass is 10.2. The van der Waals surface area contributed by atoms with Crippen LogP contribution in [0.2, 0.25) is 0 Å². The maximum atomic E-state index is 5.60. The molecule has 4 heteroatoms. The first-order valence-electron chi connectivity index (χ1n) is 6.23. The van der Waals surface area contributed by atoms with E-state index in [1.807, 2.05) is 30.8 Å². The van der Waals surface area contributed by atoms with Gasteiger partial charge in [0.2, 0.25) is 0 Å². The summed E-state index contributed by atoms with van der Waals surface area (Å²) >= 11 is 1.86. The third-order valence-corrected chi connectivity index (χ3v) is 4.04. The van der Waals surface area contributed by atoms with E-state index in [-0.39, 0.29) is 6.04 Å². The highest BCUT2D eigenvalue weighted by Gasteiger charge is 2.20. The summed E-state index contributed by atoms with van der Waals surface area (Å²) in [6.45, 7) is 7.24. The average molecular weight is 252 g/mol. The molecule has 3 nitrogen and oxygen atoms in total. The predicted octanol–water partition coefficient (Wildman–Crippen LogP) is 3.51. The summed E-state index contributed by atoms with van der Waals surface area (Å²) < 4.78 is 5.60.